The highest BCUT2D eigenvalue weighted by molar-refractivity contribution is 5.84. The summed E-state index contributed by atoms with van der Waals surface area (Å²) in [4.78, 5) is 29.4. The van der Waals surface area contributed by atoms with Crippen LogP contribution in [0.1, 0.15) is 45.6 Å². The zero-order valence-corrected chi connectivity index (χ0v) is 27.0. The summed E-state index contributed by atoms with van der Waals surface area (Å²) in [6, 6.07) is 24.2. The van der Waals surface area contributed by atoms with Gasteiger partial charge in [-0.25, -0.2) is 19.7 Å². The van der Waals surface area contributed by atoms with Crippen molar-refractivity contribution in [1.82, 2.24) is 24.8 Å². The van der Waals surface area contributed by atoms with E-state index in [4.69, 9.17) is 25.2 Å². The van der Waals surface area contributed by atoms with Gasteiger partial charge < -0.3 is 30.7 Å². The lowest BCUT2D eigenvalue weighted by Gasteiger charge is -2.43. The summed E-state index contributed by atoms with van der Waals surface area (Å²) in [5.41, 5.74) is 11.4. The number of anilines is 4. The van der Waals surface area contributed by atoms with Crippen LogP contribution in [0.2, 0.25) is 0 Å². The number of amides is 1. The highest BCUT2D eigenvalue weighted by Gasteiger charge is 2.41. The van der Waals surface area contributed by atoms with Gasteiger partial charge in [0.2, 0.25) is 0 Å². The van der Waals surface area contributed by atoms with Gasteiger partial charge in [0.05, 0.1) is 24.3 Å². The topological polar surface area (TPSA) is 132 Å². The van der Waals surface area contributed by atoms with Gasteiger partial charge in [-0.15, -0.1) is 0 Å². The number of rotatable bonds is 7. The Kier molecular flexibility index (Phi) is 7.93. The number of carbonyl (C=O) groups is 1. The molecule has 5 aromatic rings. The molecule has 242 valence electrons. The first-order valence-electron chi connectivity index (χ1n) is 16.1. The predicted molar refractivity (Wildman–Crippen MR) is 184 cm³/mol. The van der Waals surface area contributed by atoms with Crippen LogP contribution in [-0.2, 0) is 15.0 Å². The summed E-state index contributed by atoms with van der Waals surface area (Å²) < 4.78 is 13.1. The van der Waals surface area contributed by atoms with E-state index in [1.54, 1.807) is 6.20 Å². The van der Waals surface area contributed by atoms with Crippen molar-refractivity contribution in [2.24, 2.45) is 0 Å². The van der Waals surface area contributed by atoms with Crippen LogP contribution in [0.15, 0.2) is 79.0 Å². The predicted octanol–water partition coefficient (Wildman–Crippen LogP) is 6.55. The molecule has 4 heterocycles. The number of pyridine rings is 2. The van der Waals surface area contributed by atoms with E-state index in [0.717, 1.165) is 68.0 Å². The van der Waals surface area contributed by atoms with Crippen LogP contribution in [-0.4, -0.2) is 57.5 Å². The minimum Gasteiger partial charge on any atom is -0.444 e. The molecule has 2 aromatic carbocycles. The van der Waals surface area contributed by atoms with Crippen molar-refractivity contribution in [3.05, 3.63) is 84.6 Å². The van der Waals surface area contributed by atoms with Gasteiger partial charge in [0.25, 0.3) is 0 Å². The normalized spacial score (nSPS) is 16.0. The van der Waals surface area contributed by atoms with Crippen LogP contribution in [0, 0.1) is 0 Å². The quantitative estimate of drug-likeness (QED) is 0.183. The zero-order valence-electron chi connectivity index (χ0n) is 27.0. The minimum atomic E-state index is -0.570. The Morgan fingerprint density at radius 1 is 0.936 bits per heavy atom. The second-order valence-electron chi connectivity index (χ2n) is 13.1. The lowest BCUT2D eigenvalue weighted by molar-refractivity contribution is 0.0377. The molecule has 1 saturated carbocycles. The molecule has 1 amide bonds. The van der Waals surface area contributed by atoms with Gasteiger partial charge in [-0.2, -0.15) is 0 Å². The second kappa shape index (κ2) is 12.2. The molecule has 47 heavy (non-hydrogen) atoms. The van der Waals surface area contributed by atoms with Crippen molar-refractivity contribution in [3.8, 4) is 17.1 Å². The average molecular weight is 633 g/mol. The maximum absolute atomic E-state index is 12.7. The number of hydrogen-bond donors (Lipinski definition) is 3. The number of alkyl carbamates (subject to hydrolysis) is 1. The molecule has 7 rings (SSSR count). The number of ether oxygens (including phenoxy) is 2. The van der Waals surface area contributed by atoms with Crippen LogP contribution < -0.4 is 21.3 Å². The molecule has 3 aromatic heterocycles. The van der Waals surface area contributed by atoms with Crippen LogP contribution in [0.4, 0.5) is 27.8 Å². The molecule has 1 saturated heterocycles. The fraction of sp³-hybridized carbons (Fsp3) is 0.333. The van der Waals surface area contributed by atoms with Crippen LogP contribution >= 0.6 is 0 Å². The average Bonchev–Trinajstić information content (AvgIpc) is 3.41. The first-order chi connectivity index (χ1) is 22.7. The third kappa shape index (κ3) is 6.31. The Morgan fingerprint density at radius 3 is 2.32 bits per heavy atom. The summed E-state index contributed by atoms with van der Waals surface area (Å²) in [5, 5.41) is 6.61. The molecule has 1 aliphatic carbocycles. The number of nitrogens with zero attached hydrogens (tertiary/aromatic N) is 5. The molecule has 11 nitrogen and oxygen atoms in total. The van der Waals surface area contributed by atoms with Crippen molar-refractivity contribution in [2.45, 2.75) is 51.2 Å². The molecule has 2 aliphatic rings. The van der Waals surface area contributed by atoms with Crippen molar-refractivity contribution in [3.63, 3.8) is 0 Å². The van der Waals surface area contributed by atoms with Gasteiger partial charge >= 0.3 is 6.09 Å². The molecule has 4 N–H and O–H groups in total. The van der Waals surface area contributed by atoms with E-state index in [1.807, 2.05) is 61.7 Å². The Labute approximate surface area is 274 Å². The third-order valence-corrected chi connectivity index (χ3v) is 8.73. The van der Waals surface area contributed by atoms with Gasteiger partial charge in [0.15, 0.2) is 11.5 Å². The Morgan fingerprint density at radius 2 is 1.66 bits per heavy atom. The summed E-state index contributed by atoms with van der Waals surface area (Å²) in [5.74, 6) is 1.72. The first kappa shape index (κ1) is 30.5. The van der Waals surface area contributed by atoms with Crippen molar-refractivity contribution >= 4 is 40.3 Å². The van der Waals surface area contributed by atoms with E-state index in [0.29, 0.717) is 28.7 Å². The third-order valence-electron chi connectivity index (χ3n) is 8.73. The van der Waals surface area contributed by atoms with Gasteiger partial charge in [0, 0.05) is 36.3 Å². The van der Waals surface area contributed by atoms with Gasteiger partial charge in [-0.05, 0) is 106 Å². The number of nitrogens with two attached hydrogens (primary N) is 1. The van der Waals surface area contributed by atoms with E-state index < -0.39 is 17.2 Å². The van der Waals surface area contributed by atoms with Crippen molar-refractivity contribution < 1.29 is 14.3 Å². The molecule has 0 unspecified atom stereocenters. The van der Waals surface area contributed by atoms with Crippen LogP contribution in [0.25, 0.3) is 28.2 Å². The molecule has 0 spiro atoms. The Balaban J connectivity index is 1.22. The van der Waals surface area contributed by atoms with E-state index in [9.17, 15) is 4.79 Å². The number of aromatic nitrogens is 4. The number of imidazole rings is 1. The van der Waals surface area contributed by atoms with Crippen molar-refractivity contribution in [1.29, 1.82) is 0 Å². The lowest BCUT2D eigenvalue weighted by Crippen LogP contribution is -2.52. The minimum absolute atomic E-state index is 0.384. The fourth-order valence-corrected chi connectivity index (χ4v) is 6.23. The maximum atomic E-state index is 12.7. The van der Waals surface area contributed by atoms with E-state index in [1.165, 1.54) is 5.69 Å². The smallest absolute Gasteiger partial charge is 0.408 e. The molecule has 11 heteroatoms. The highest BCUT2D eigenvalue weighted by atomic mass is 16.6. The first-order valence-corrected chi connectivity index (χ1v) is 16.1. The number of nitrogens with one attached hydrogen (secondary N) is 2. The number of nitrogen functional groups attached to an aromatic ring is 1. The summed E-state index contributed by atoms with van der Waals surface area (Å²) >= 11 is 0. The summed E-state index contributed by atoms with van der Waals surface area (Å²) in [7, 11) is 0. The lowest BCUT2D eigenvalue weighted by atomic mass is 9.72. The summed E-state index contributed by atoms with van der Waals surface area (Å²) in [6.07, 6.45) is 3.99. The number of hydrogen-bond acceptors (Lipinski definition) is 9. The largest absolute Gasteiger partial charge is 0.444 e. The maximum Gasteiger partial charge on any atom is 0.408 e. The highest BCUT2D eigenvalue weighted by Crippen LogP contribution is 2.42. The standard InChI is InChI=1S/C36H40N8O3/c1-35(2,3)47-34(45)42-36(17-5-18-36)24-7-11-27(12-8-24)44-32(28-6-4-19-38-31(28)37)40-29-15-16-30(41-33(29)44)39-25-9-13-26(14-10-25)43-20-22-46-23-21-43/h4,6-16,19H,5,17-18,20-23H2,1-3H3,(H2,37,38)(H,39,41)(H,42,45). The van der Waals surface area contributed by atoms with E-state index in [-0.39, 0.29) is 0 Å². The van der Waals surface area contributed by atoms with E-state index >= 15 is 0 Å². The molecule has 0 atom stereocenters. The molecule has 1 aliphatic heterocycles. The second-order valence-corrected chi connectivity index (χ2v) is 13.1. The van der Waals surface area contributed by atoms with Crippen LogP contribution in [0.5, 0.6) is 0 Å². The van der Waals surface area contributed by atoms with Crippen molar-refractivity contribution in [2.75, 3.05) is 42.3 Å². The zero-order chi connectivity index (χ0) is 32.6. The number of fused-ring (bicyclic) bond motifs is 1. The van der Waals surface area contributed by atoms with Crippen LogP contribution in [0.3, 0.4) is 0 Å². The molecule has 0 bridgehead atoms. The Bertz CT molecular complexity index is 1890. The fourth-order valence-electron chi connectivity index (χ4n) is 6.23. The number of morpholine rings is 1. The van der Waals surface area contributed by atoms with Gasteiger partial charge in [0.1, 0.15) is 22.8 Å². The molecular weight excluding hydrogens is 592 g/mol. The molecule has 2 fully saturated rings. The number of carbonyl (C=O) groups excluding carboxylic acids is 1. The Hall–Kier alpha value is -5.16. The van der Waals surface area contributed by atoms with Gasteiger partial charge in [-0.1, -0.05) is 12.1 Å². The molecular formula is C36H40N8O3. The number of benzene rings is 2. The monoisotopic (exact) mass is 632 g/mol. The summed E-state index contributed by atoms with van der Waals surface area (Å²) in [6.45, 7) is 8.88. The van der Waals surface area contributed by atoms with E-state index in [2.05, 4.69) is 56.9 Å². The SMILES string of the molecule is CC(C)(C)OC(=O)NC1(c2ccc(-n3c(-c4cccnc4N)nc4ccc(Nc5ccc(N6CCOCC6)cc5)nc43)cc2)CCC1. The molecule has 0 radical (unpaired) electrons. The van der Waals surface area contributed by atoms with Gasteiger partial charge in [-0.3, -0.25) is 4.57 Å².